The van der Waals surface area contributed by atoms with Crippen molar-refractivity contribution in [3.05, 3.63) is 0 Å². The Labute approximate surface area is 65.6 Å². The molecular formula is C8H16NP. The molecule has 10 heavy (non-hydrogen) atoms. The number of rotatable bonds is 4. The molecule has 0 radical (unpaired) electrons. The molecule has 0 aliphatic carbocycles. The molecule has 0 aromatic carbocycles. The summed E-state index contributed by atoms with van der Waals surface area (Å²) < 4.78 is 2.29. The van der Waals surface area contributed by atoms with Gasteiger partial charge in [0.2, 0.25) is 0 Å². The van der Waals surface area contributed by atoms with Gasteiger partial charge in [-0.05, 0) is 27.4 Å². The lowest BCUT2D eigenvalue weighted by Crippen LogP contribution is -2.14. The van der Waals surface area contributed by atoms with Crippen molar-refractivity contribution in [1.29, 1.82) is 0 Å². The average molecular weight is 157 g/mol. The summed E-state index contributed by atoms with van der Waals surface area (Å²) in [5, 5.41) is 0. The van der Waals surface area contributed by atoms with Gasteiger partial charge in [0.05, 0.1) is 6.54 Å². The maximum Gasteiger partial charge on any atom is 0.0631 e. The van der Waals surface area contributed by atoms with Gasteiger partial charge in [-0.15, -0.1) is 6.42 Å². The molecule has 0 saturated carbocycles. The van der Waals surface area contributed by atoms with Crippen LogP contribution in [0.3, 0.4) is 0 Å². The van der Waals surface area contributed by atoms with E-state index in [9.17, 15) is 0 Å². The van der Waals surface area contributed by atoms with Crippen LogP contribution in [0.2, 0.25) is 0 Å². The second kappa shape index (κ2) is 5.71. The van der Waals surface area contributed by atoms with Gasteiger partial charge in [-0.1, -0.05) is 19.8 Å². The van der Waals surface area contributed by atoms with E-state index < -0.39 is 0 Å². The third-order valence-electron chi connectivity index (χ3n) is 1.53. The normalized spacial score (nSPS) is 10.4. The zero-order chi connectivity index (χ0) is 7.98. The smallest absolute Gasteiger partial charge is 0.0631 e. The van der Waals surface area contributed by atoms with Crippen LogP contribution in [0.1, 0.15) is 13.8 Å². The molecular weight excluding hydrogens is 141 g/mol. The standard InChI is InChI=1S/C8H16NP/c1-5-8-9(4)10(6-2)7-3/h1H,6-8H2,2-4H3. The summed E-state index contributed by atoms with van der Waals surface area (Å²) in [6.07, 6.45) is 7.70. The lowest BCUT2D eigenvalue weighted by molar-refractivity contribution is 0.622. The quantitative estimate of drug-likeness (QED) is 0.445. The molecule has 0 bridgehead atoms. The molecule has 1 nitrogen and oxygen atoms in total. The first kappa shape index (κ1) is 9.95. The lowest BCUT2D eigenvalue weighted by Gasteiger charge is -2.23. The maximum absolute atomic E-state index is 5.20. The Balaban J connectivity index is 3.66. The van der Waals surface area contributed by atoms with Gasteiger partial charge in [-0.2, -0.15) is 0 Å². The molecule has 0 fully saturated rings. The van der Waals surface area contributed by atoms with Crippen molar-refractivity contribution in [1.82, 2.24) is 4.67 Å². The summed E-state index contributed by atoms with van der Waals surface area (Å²) in [6.45, 7) is 5.25. The summed E-state index contributed by atoms with van der Waals surface area (Å²) >= 11 is 0. The van der Waals surface area contributed by atoms with Crippen LogP contribution in [0, 0.1) is 12.3 Å². The fraction of sp³-hybridized carbons (Fsp3) is 0.750. The summed E-state index contributed by atoms with van der Waals surface area (Å²) in [7, 11) is 2.18. The third kappa shape index (κ3) is 3.20. The van der Waals surface area contributed by atoms with Crippen LogP contribution >= 0.6 is 8.07 Å². The van der Waals surface area contributed by atoms with Gasteiger partial charge in [0, 0.05) is 0 Å². The molecule has 0 saturated heterocycles. The monoisotopic (exact) mass is 157 g/mol. The molecule has 0 amide bonds. The van der Waals surface area contributed by atoms with Crippen LogP contribution in [0.15, 0.2) is 0 Å². The van der Waals surface area contributed by atoms with E-state index in [1.165, 1.54) is 12.3 Å². The third-order valence-corrected chi connectivity index (χ3v) is 4.10. The van der Waals surface area contributed by atoms with Crippen LogP contribution in [0.5, 0.6) is 0 Å². The SMILES string of the molecule is C#CCN(C)P(CC)CC. The molecule has 0 aromatic heterocycles. The Morgan fingerprint density at radius 3 is 2.20 bits per heavy atom. The van der Waals surface area contributed by atoms with Crippen molar-refractivity contribution < 1.29 is 0 Å². The number of hydrogen-bond donors (Lipinski definition) is 0. The summed E-state index contributed by atoms with van der Waals surface area (Å²) in [5.74, 6) is 2.66. The van der Waals surface area contributed by atoms with Crippen molar-refractivity contribution in [2.75, 3.05) is 25.9 Å². The highest BCUT2D eigenvalue weighted by atomic mass is 31.1. The van der Waals surface area contributed by atoms with Crippen LogP contribution in [-0.4, -0.2) is 30.6 Å². The highest BCUT2D eigenvalue weighted by molar-refractivity contribution is 7.55. The highest BCUT2D eigenvalue weighted by Gasteiger charge is 2.06. The van der Waals surface area contributed by atoms with E-state index in [0.717, 1.165) is 6.54 Å². The van der Waals surface area contributed by atoms with E-state index in [1.54, 1.807) is 0 Å². The topological polar surface area (TPSA) is 3.24 Å². The zero-order valence-corrected chi connectivity index (χ0v) is 7.99. The van der Waals surface area contributed by atoms with E-state index in [-0.39, 0.29) is 8.07 Å². The van der Waals surface area contributed by atoms with Crippen LogP contribution < -0.4 is 0 Å². The van der Waals surface area contributed by atoms with Gasteiger partial charge >= 0.3 is 0 Å². The number of hydrogen-bond acceptors (Lipinski definition) is 1. The summed E-state index contributed by atoms with van der Waals surface area (Å²) in [6, 6.07) is 0. The molecule has 58 valence electrons. The maximum atomic E-state index is 5.20. The lowest BCUT2D eigenvalue weighted by atomic mass is 10.7. The number of nitrogens with zero attached hydrogens (tertiary/aromatic N) is 1. The van der Waals surface area contributed by atoms with Crippen molar-refractivity contribution in [2.45, 2.75) is 13.8 Å². The first-order valence-corrected chi connectivity index (χ1v) is 5.32. The van der Waals surface area contributed by atoms with E-state index in [4.69, 9.17) is 6.42 Å². The number of terminal acetylenes is 1. The molecule has 0 aliphatic heterocycles. The molecule has 0 spiro atoms. The minimum atomic E-state index is 0.0675. The van der Waals surface area contributed by atoms with Gasteiger partial charge in [0.15, 0.2) is 0 Å². The van der Waals surface area contributed by atoms with Crippen molar-refractivity contribution in [2.24, 2.45) is 0 Å². The first-order valence-electron chi connectivity index (χ1n) is 3.65. The Hall–Kier alpha value is -0.0500. The summed E-state index contributed by atoms with van der Waals surface area (Å²) in [4.78, 5) is 0. The Bertz CT molecular complexity index is 113. The predicted octanol–water partition coefficient (Wildman–Crippen LogP) is 1.99. The second-order valence-corrected chi connectivity index (χ2v) is 5.12. The van der Waals surface area contributed by atoms with Gasteiger partial charge < -0.3 is 0 Å². The fourth-order valence-electron chi connectivity index (χ4n) is 0.939. The minimum absolute atomic E-state index is 0.0675. The molecule has 0 N–H and O–H groups in total. The van der Waals surface area contributed by atoms with Crippen molar-refractivity contribution in [3.8, 4) is 12.3 Å². The molecule has 0 aromatic rings. The Kier molecular flexibility index (Phi) is 5.69. The van der Waals surface area contributed by atoms with Crippen LogP contribution in [0.4, 0.5) is 0 Å². The Morgan fingerprint density at radius 2 is 1.90 bits per heavy atom. The van der Waals surface area contributed by atoms with E-state index >= 15 is 0 Å². The second-order valence-electron chi connectivity index (χ2n) is 2.16. The van der Waals surface area contributed by atoms with E-state index in [1.807, 2.05) is 0 Å². The average Bonchev–Trinajstić information content (AvgIpc) is 1.91. The van der Waals surface area contributed by atoms with E-state index in [0.29, 0.717) is 0 Å². The van der Waals surface area contributed by atoms with Gasteiger partial charge in [-0.3, -0.25) is 4.67 Å². The van der Waals surface area contributed by atoms with E-state index in [2.05, 4.69) is 31.5 Å². The minimum Gasteiger partial charge on any atom is -0.274 e. The molecule has 2 heteroatoms. The van der Waals surface area contributed by atoms with Gasteiger partial charge in [0.1, 0.15) is 0 Å². The predicted molar refractivity (Wildman–Crippen MR) is 49.5 cm³/mol. The zero-order valence-electron chi connectivity index (χ0n) is 7.09. The van der Waals surface area contributed by atoms with Crippen LogP contribution in [0.25, 0.3) is 0 Å². The van der Waals surface area contributed by atoms with Gasteiger partial charge in [0.25, 0.3) is 0 Å². The largest absolute Gasteiger partial charge is 0.274 e. The molecule has 0 unspecified atom stereocenters. The highest BCUT2D eigenvalue weighted by Crippen LogP contribution is 2.36. The molecule has 0 atom stereocenters. The molecule has 0 aliphatic rings. The fourth-order valence-corrected chi connectivity index (χ4v) is 2.63. The van der Waals surface area contributed by atoms with Crippen molar-refractivity contribution >= 4 is 8.07 Å². The van der Waals surface area contributed by atoms with Crippen molar-refractivity contribution in [3.63, 3.8) is 0 Å². The molecule has 0 rings (SSSR count). The van der Waals surface area contributed by atoms with Crippen LogP contribution in [-0.2, 0) is 0 Å². The van der Waals surface area contributed by atoms with Gasteiger partial charge in [-0.25, -0.2) is 0 Å². The molecule has 0 heterocycles. The summed E-state index contributed by atoms with van der Waals surface area (Å²) in [5.41, 5.74) is 0. The first-order chi connectivity index (χ1) is 4.76. The Morgan fingerprint density at radius 1 is 1.40 bits per heavy atom.